The van der Waals surface area contributed by atoms with Crippen LogP contribution in [0, 0.1) is 0 Å². The second-order valence-corrected chi connectivity index (χ2v) is 6.98. The molecule has 0 saturated carbocycles. The lowest BCUT2D eigenvalue weighted by molar-refractivity contribution is 0.424. The van der Waals surface area contributed by atoms with Gasteiger partial charge in [-0.1, -0.05) is 45.4 Å². The summed E-state index contributed by atoms with van der Waals surface area (Å²) in [6, 6.07) is 2.24. The molecule has 0 spiro atoms. The molecule has 1 rings (SSSR count). The summed E-state index contributed by atoms with van der Waals surface area (Å²) in [6.07, 6.45) is 14.2. The van der Waals surface area contributed by atoms with Crippen LogP contribution in [0.25, 0.3) is 0 Å². The predicted octanol–water partition coefficient (Wildman–Crippen LogP) is 5.13. The maximum Gasteiger partial charge on any atom is 0.0225 e. The Morgan fingerprint density at radius 2 is 1.65 bits per heavy atom. The zero-order valence-corrected chi connectivity index (χ0v) is 14.0. The molecule has 0 radical (unpaired) electrons. The molecule has 1 aromatic heterocycles. The maximum atomic E-state index is 3.53. The van der Waals surface area contributed by atoms with Gasteiger partial charge in [-0.25, -0.2) is 0 Å². The lowest BCUT2D eigenvalue weighted by Crippen LogP contribution is -2.34. The van der Waals surface area contributed by atoms with Crippen LogP contribution < -0.4 is 5.32 Å². The SMILES string of the molecule is CCCCCCCCCn1ccc(CNC(C)(C)C)c1. The molecule has 0 amide bonds. The van der Waals surface area contributed by atoms with Crippen molar-refractivity contribution in [3.05, 3.63) is 24.0 Å². The first-order chi connectivity index (χ1) is 9.51. The summed E-state index contributed by atoms with van der Waals surface area (Å²) in [7, 11) is 0. The van der Waals surface area contributed by atoms with Gasteiger partial charge in [-0.2, -0.15) is 0 Å². The summed E-state index contributed by atoms with van der Waals surface area (Å²) in [5, 5.41) is 3.53. The number of unbranched alkanes of at least 4 members (excludes halogenated alkanes) is 6. The number of nitrogens with one attached hydrogen (secondary N) is 1. The second kappa shape index (κ2) is 9.23. The Bertz CT molecular complexity index is 347. The average Bonchev–Trinajstić information content (AvgIpc) is 2.82. The Balaban J connectivity index is 2.11. The molecule has 0 aliphatic rings. The van der Waals surface area contributed by atoms with Gasteiger partial charge in [-0.05, 0) is 38.8 Å². The first-order valence-electron chi connectivity index (χ1n) is 8.41. The fraction of sp³-hybridized carbons (Fsp3) is 0.778. The zero-order valence-electron chi connectivity index (χ0n) is 14.0. The Hall–Kier alpha value is -0.760. The van der Waals surface area contributed by atoms with Crippen molar-refractivity contribution in [1.29, 1.82) is 0 Å². The molecule has 20 heavy (non-hydrogen) atoms. The van der Waals surface area contributed by atoms with E-state index in [1.807, 2.05) is 0 Å². The minimum atomic E-state index is 0.195. The highest BCUT2D eigenvalue weighted by Crippen LogP contribution is 2.09. The van der Waals surface area contributed by atoms with E-state index in [1.165, 1.54) is 57.1 Å². The summed E-state index contributed by atoms with van der Waals surface area (Å²) < 4.78 is 2.34. The highest BCUT2D eigenvalue weighted by molar-refractivity contribution is 5.10. The molecule has 2 heteroatoms. The molecule has 0 aromatic carbocycles. The lowest BCUT2D eigenvalue weighted by atomic mass is 10.1. The Morgan fingerprint density at radius 1 is 1.00 bits per heavy atom. The standard InChI is InChI=1S/C18H34N2/c1-5-6-7-8-9-10-11-13-20-14-12-17(16-20)15-19-18(2,3)4/h12,14,16,19H,5-11,13,15H2,1-4H3. The van der Waals surface area contributed by atoms with Crippen molar-refractivity contribution in [2.45, 2.75) is 91.3 Å². The molecule has 2 nitrogen and oxygen atoms in total. The van der Waals surface area contributed by atoms with Crippen LogP contribution in [0.3, 0.4) is 0 Å². The van der Waals surface area contributed by atoms with Gasteiger partial charge in [0, 0.05) is 31.0 Å². The van der Waals surface area contributed by atoms with E-state index >= 15 is 0 Å². The van der Waals surface area contributed by atoms with Gasteiger partial charge in [-0.3, -0.25) is 0 Å². The zero-order chi connectivity index (χ0) is 14.8. The first kappa shape index (κ1) is 17.3. The Labute approximate surface area is 126 Å². The Kier molecular flexibility index (Phi) is 7.98. The summed E-state index contributed by atoms with van der Waals surface area (Å²) in [4.78, 5) is 0. The van der Waals surface area contributed by atoms with Crippen LogP contribution in [-0.2, 0) is 13.1 Å². The highest BCUT2D eigenvalue weighted by Gasteiger charge is 2.08. The number of rotatable bonds is 10. The van der Waals surface area contributed by atoms with Gasteiger partial charge in [0.25, 0.3) is 0 Å². The molecular weight excluding hydrogens is 244 g/mol. The predicted molar refractivity (Wildman–Crippen MR) is 89.0 cm³/mol. The number of aryl methyl sites for hydroxylation is 1. The molecule has 0 bridgehead atoms. The van der Waals surface area contributed by atoms with Crippen molar-refractivity contribution < 1.29 is 0 Å². The summed E-state index contributed by atoms with van der Waals surface area (Å²) in [5.74, 6) is 0. The summed E-state index contributed by atoms with van der Waals surface area (Å²) in [6.45, 7) is 11.0. The topological polar surface area (TPSA) is 17.0 Å². The monoisotopic (exact) mass is 278 g/mol. The van der Waals surface area contributed by atoms with Crippen LogP contribution in [0.4, 0.5) is 0 Å². The minimum absolute atomic E-state index is 0.195. The van der Waals surface area contributed by atoms with Crippen molar-refractivity contribution in [3.8, 4) is 0 Å². The van der Waals surface area contributed by atoms with E-state index in [2.05, 4.69) is 56.0 Å². The third kappa shape index (κ3) is 8.42. The van der Waals surface area contributed by atoms with Gasteiger partial charge in [0.2, 0.25) is 0 Å². The highest BCUT2D eigenvalue weighted by atomic mass is 15.0. The molecule has 0 aliphatic carbocycles. The third-order valence-corrected chi connectivity index (χ3v) is 3.65. The fourth-order valence-corrected chi connectivity index (χ4v) is 2.35. The van der Waals surface area contributed by atoms with Crippen LogP contribution in [0.2, 0.25) is 0 Å². The maximum absolute atomic E-state index is 3.53. The number of hydrogen-bond acceptors (Lipinski definition) is 1. The molecule has 116 valence electrons. The smallest absolute Gasteiger partial charge is 0.0225 e. The van der Waals surface area contributed by atoms with E-state index in [1.54, 1.807) is 0 Å². The van der Waals surface area contributed by atoms with Gasteiger partial charge in [-0.15, -0.1) is 0 Å². The Morgan fingerprint density at radius 3 is 2.30 bits per heavy atom. The van der Waals surface area contributed by atoms with Crippen molar-refractivity contribution in [2.75, 3.05) is 0 Å². The quantitative estimate of drug-likeness (QED) is 0.587. The van der Waals surface area contributed by atoms with Crippen molar-refractivity contribution in [3.63, 3.8) is 0 Å². The minimum Gasteiger partial charge on any atom is -0.354 e. The van der Waals surface area contributed by atoms with Crippen molar-refractivity contribution in [1.82, 2.24) is 9.88 Å². The molecular formula is C18H34N2. The van der Waals surface area contributed by atoms with Crippen LogP contribution in [-0.4, -0.2) is 10.1 Å². The van der Waals surface area contributed by atoms with Gasteiger partial charge < -0.3 is 9.88 Å². The third-order valence-electron chi connectivity index (χ3n) is 3.65. The second-order valence-electron chi connectivity index (χ2n) is 6.98. The van der Waals surface area contributed by atoms with Crippen LogP contribution in [0.5, 0.6) is 0 Å². The molecule has 1 N–H and O–H groups in total. The molecule has 0 fully saturated rings. The number of nitrogens with zero attached hydrogens (tertiary/aromatic N) is 1. The first-order valence-corrected chi connectivity index (χ1v) is 8.41. The van der Waals surface area contributed by atoms with Crippen LogP contribution in [0.15, 0.2) is 18.5 Å². The molecule has 0 saturated heterocycles. The van der Waals surface area contributed by atoms with Crippen molar-refractivity contribution in [2.24, 2.45) is 0 Å². The molecule has 1 heterocycles. The van der Waals surface area contributed by atoms with E-state index in [9.17, 15) is 0 Å². The van der Waals surface area contributed by atoms with Gasteiger partial charge in [0.15, 0.2) is 0 Å². The molecule has 1 aromatic rings. The number of hydrogen-bond donors (Lipinski definition) is 1. The van der Waals surface area contributed by atoms with E-state index in [-0.39, 0.29) is 5.54 Å². The molecule has 0 aliphatic heterocycles. The lowest BCUT2D eigenvalue weighted by Gasteiger charge is -2.19. The number of aromatic nitrogens is 1. The molecule has 0 unspecified atom stereocenters. The van der Waals surface area contributed by atoms with Gasteiger partial charge in [0.05, 0.1) is 0 Å². The summed E-state index contributed by atoms with van der Waals surface area (Å²) in [5.41, 5.74) is 1.59. The van der Waals surface area contributed by atoms with E-state index in [0.717, 1.165) is 6.54 Å². The van der Waals surface area contributed by atoms with E-state index in [4.69, 9.17) is 0 Å². The average molecular weight is 278 g/mol. The van der Waals surface area contributed by atoms with Crippen LogP contribution >= 0.6 is 0 Å². The van der Waals surface area contributed by atoms with Gasteiger partial charge >= 0.3 is 0 Å². The summed E-state index contributed by atoms with van der Waals surface area (Å²) >= 11 is 0. The fourth-order valence-electron chi connectivity index (χ4n) is 2.35. The van der Waals surface area contributed by atoms with E-state index < -0.39 is 0 Å². The largest absolute Gasteiger partial charge is 0.354 e. The van der Waals surface area contributed by atoms with Gasteiger partial charge in [0.1, 0.15) is 0 Å². The normalized spacial score (nSPS) is 12.0. The van der Waals surface area contributed by atoms with Crippen molar-refractivity contribution >= 4 is 0 Å². The van der Waals surface area contributed by atoms with E-state index in [0.29, 0.717) is 0 Å². The van der Waals surface area contributed by atoms with Crippen LogP contribution in [0.1, 0.15) is 78.2 Å². The molecule has 0 atom stereocenters.